The minimum atomic E-state index is 0.435. The Labute approximate surface area is 122 Å². The van der Waals surface area contributed by atoms with Crippen LogP contribution in [0.15, 0.2) is 6.07 Å². The Hall–Kier alpha value is -0.340. The van der Waals surface area contributed by atoms with E-state index < -0.39 is 0 Å². The number of aryl methyl sites for hydroxylation is 2. The van der Waals surface area contributed by atoms with E-state index in [9.17, 15) is 0 Å². The molecule has 0 amide bonds. The molecule has 108 valence electrons. The summed E-state index contributed by atoms with van der Waals surface area (Å²) in [5, 5.41) is 3.69. The molecule has 1 aliphatic rings. The average molecular weight is 279 g/mol. The number of hydrogen-bond donors (Lipinski definition) is 1. The lowest BCUT2D eigenvalue weighted by Crippen LogP contribution is -2.21. The van der Waals surface area contributed by atoms with Crippen molar-refractivity contribution in [1.82, 2.24) is 5.32 Å². The minimum Gasteiger partial charge on any atom is -0.310 e. The molecule has 1 aromatic rings. The minimum absolute atomic E-state index is 0.435. The van der Waals surface area contributed by atoms with E-state index in [-0.39, 0.29) is 0 Å². The molecular weight excluding hydrogens is 250 g/mol. The molecule has 2 rings (SSSR count). The molecule has 2 heteroatoms. The van der Waals surface area contributed by atoms with Crippen LogP contribution in [0.4, 0.5) is 0 Å². The van der Waals surface area contributed by atoms with E-state index in [0.29, 0.717) is 11.5 Å². The molecule has 19 heavy (non-hydrogen) atoms. The summed E-state index contributed by atoms with van der Waals surface area (Å²) in [4.78, 5) is 3.25. The third kappa shape index (κ3) is 4.32. The number of fused-ring (bicyclic) bond motifs is 1. The van der Waals surface area contributed by atoms with Crippen LogP contribution in [-0.4, -0.2) is 6.54 Å². The van der Waals surface area contributed by atoms with Gasteiger partial charge in [-0.25, -0.2) is 0 Å². The van der Waals surface area contributed by atoms with Gasteiger partial charge in [0.05, 0.1) is 0 Å². The Bertz CT molecular complexity index is 376. The van der Waals surface area contributed by atoms with Crippen LogP contribution in [0.1, 0.15) is 74.7 Å². The van der Waals surface area contributed by atoms with Gasteiger partial charge in [-0.15, -0.1) is 11.3 Å². The predicted molar refractivity (Wildman–Crippen MR) is 86.1 cm³/mol. The van der Waals surface area contributed by atoms with Crippen LogP contribution in [0.5, 0.6) is 0 Å². The first kappa shape index (κ1) is 15.1. The lowest BCUT2D eigenvalue weighted by molar-refractivity contribution is 0.335. The molecule has 0 bridgehead atoms. The van der Waals surface area contributed by atoms with Crippen molar-refractivity contribution < 1.29 is 0 Å². The fourth-order valence-electron chi connectivity index (χ4n) is 2.85. The Morgan fingerprint density at radius 1 is 1.26 bits per heavy atom. The van der Waals surface area contributed by atoms with Crippen molar-refractivity contribution in [3.63, 3.8) is 0 Å². The molecular formula is C17H29NS. The SMILES string of the molecule is CCNC(CCC(C)(C)C)c1cc2c(s1)CCCC2. The molecule has 1 unspecified atom stereocenters. The van der Waals surface area contributed by atoms with Crippen molar-refractivity contribution in [3.05, 3.63) is 21.4 Å². The second-order valence-electron chi connectivity index (χ2n) is 7.01. The van der Waals surface area contributed by atoms with Gasteiger partial charge in [0, 0.05) is 15.8 Å². The van der Waals surface area contributed by atoms with Crippen LogP contribution in [-0.2, 0) is 12.8 Å². The largest absolute Gasteiger partial charge is 0.310 e. The maximum absolute atomic E-state index is 3.69. The van der Waals surface area contributed by atoms with Gasteiger partial charge in [-0.2, -0.15) is 0 Å². The smallest absolute Gasteiger partial charge is 0.0415 e. The molecule has 0 saturated carbocycles. The summed E-state index contributed by atoms with van der Waals surface area (Å²) in [5.74, 6) is 0. The quantitative estimate of drug-likeness (QED) is 0.790. The summed E-state index contributed by atoms with van der Waals surface area (Å²) >= 11 is 2.07. The fraction of sp³-hybridized carbons (Fsp3) is 0.765. The Balaban J connectivity index is 2.07. The molecule has 1 heterocycles. The summed E-state index contributed by atoms with van der Waals surface area (Å²) in [6.45, 7) is 10.3. The van der Waals surface area contributed by atoms with Crippen LogP contribution in [0.3, 0.4) is 0 Å². The Morgan fingerprint density at radius 3 is 2.63 bits per heavy atom. The summed E-state index contributed by atoms with van der Waals surface area (Å²) < 4.78 is 0. The Morgan fingerprint density at radius 2 is 2.00 bits per heavy atom. The number of hydrogen-bond acceptors (Lipinski definition) is 2. The highest BCUT2D eigenvalue weighted by Gasteiger charge is 2.20. The van der Waals surface area contributed by atoms with E-state index in [2.05, 4.69) is 50.4 Å². The zero-order chi connectivity index (χ0) is 13.9. The van der Waals surface area contributed by atoms with Gasteiger partial charge in [0.1, 0.15) is 0 Å². The van der Waals surface area contributed by atoms with Gasteiger partial charge in [-0.05, 0) is 62.1 Å². The third-order valence-electron chi connectivity index (χ3n) is 3.99. The fourth-order valence-corrected chi connectivity index (χ4v) is 4.22. The lowest BCUT2D eigenvalue weighted by atomic mass is 9.88. The van der Waals surface area contributed by atoms with E-state index in [0.717, 1.165) is 6.54 Å². The molecule has 1 aliphatic carbocycles. The van der Waals surface area contributed by atoms with Gasteiger partial charge >= 0.3 is 0 Å². The molecule has 0 fully saturated rings. The van der Waals surface area contributed by atoms with Crippen LogP contribution >= 0.6 is 11.3 Å². The van der Waals surface area contributed by atoms with Crippen molar-refractivity contribution >= 4 is 11.3 Å². The second kappa shape index (κ2) is 6.41. The first-order valence-corrected chi connectivity index (χ1v) is 8.66. The van der Waals surface area contributed by atoms with Gasteiger partial charge in [0.15, 0.2) is 0 Å². The first-order valence-electron chi connectivity index (χ1n) is 7.84. The lowest BCUT2D eigenvalue weighted by Gasteiger charge is -2.23. The van der Waals surface area contributed by atoms with Crippen LogP contribution in [0.2, 0.25) is 0 Å². The van der Waals surface area contributed by atoms with Crippen molar-refractivity contribution in [1.29, 1.82) is 0 Å². The van der Waals surface area contributed by atoms with Crippen molar-refractivity contribution in [3.8, 4) is 0 Å². The highest BCUT2D eigenvalue weighted by atomic mass is 32.1. The zero-order valence-electron chi connectivity index (χ0n) is 13.0. The highest BCUT2D eigenvalue weighted by Crippen LogP contribution is 2.36. The van der Waals surface area contributed by atoms with E-state index in [1.165, 1.54) is 38.5 Å². The molecule has 0 radical (unpaired) electrons. The Kier molecular flexibility index (Phi) is 5.08. The number of nitrogens with one attached hydrogen (secondary N) is 1. The summed E-state index contributed by atoms with van der Waals surface area (Å²) in [5.41, 5.74) is 2.08. The molecule has 0 aliphatic heterocycles. The molecule has 0 spiro atoms. The summed E-state index contributed by atoms with van der Waals surface area (Å²) in [7, 11) is 0. The first-order chi connectivity index (χ1) is 8.99. The molecule has 0 saturated heterocycles. The molecule has 0 aromatic carbocycles. The molecule has 1 nitrogen and oxygen atoms in total. The number of thiophene rings is 1. The number of rotatable bonds is 5. The highest BCUT2D eigenvalue weighted by molar-refractivity contribution is 7.12. The summed E-state index contributed by atoms with van der Waals surface area (Å²) in [6.07, 6.45) is 7.95. The van der Waals surface area contributed by atoms with Gasteiger partial charge in [-0.1, -0.05) is 27.7 Å². The van der Waals surface area contributed by atoms with Crippen molar-refractivity contribution in [2.75, 3.05) is 6.54 Å². The normalized spacial score (nSPS) is 17.3. The monoisotopic (exact) mass is 279 g/mol. The van der Waals surface area contributed by atoms with E-state index in [1.54, 1.807) is 15.3 Å². The molecule has 1 N–H and O–H groups in total. The summed E-state index contributed by atoms with van der Waals surface area (Å²) in [6, 6.07) is 3.06. The van der Waals surface area contributed by atoms with Crippen LogP contribution in [0, 0.1) is 5.41 Å². The molecule has 1 atom stereocenters. The van der Waals surface area contributed by atoms with Crippen LogP contribution in [0.25, 0.3) is 0 Å². The standard InChI is InChI=1S/C17H29NS/c1-5-18-14(10-11-17(2,3)4)16-12-13-8-6-7-9-15(13)19-16/h12,14,18H,5-11H2,1-4H3. The topological polar surface area (TPSA) is 12.0 Å². The van der Waals surface area contributed by atoms with Gasteiger partial charge in [0.2, 0.25) is 0 Å². The predicted octanol–water partition coefficient (Wildman–Crippen LogP) is 5.10. The zero-order valence-corrected chi connectivity index (χ0v) is 13.8. The van der Waals surface area contributed by atoms with Gasteiger partial charge < -0.3 is 5.32 Å². The third-order valence-corrected chi connectivity index (χ3v) is 5.34. The average Bonchev–Trinajstić information content (AvgIpc) is 2.76. The second-order valence-corrected chi connectivity index (χ2v) is 8.18. The van der Waals surface area contributed by atoms with E-state index >= 15 is 0 Å². The maximum Gasteiger partial charge on any atom is 0.0415 e. The van der Waals surface area contributed by atoms with E-state index in [4.69, 9.17) is 0 Å². The van der Waals surface area contributed by atoms with Crippen LogP contribution < -0.4 is 5.32 Å². The van der Waals surface area contributed by atoms with E-state index in [1.807, 2.05) is 0 Å². The van der Waals surface area contributed by atoms with Crippen molar-refractivity contribution in [2.45, 2.75) is 72.3 Å². The maximum atomic E-state index is 3.69. The van der Waals surface area contributed by atoms with Crippen molar-refractivity contribution in [2.24, 2.45) is 5.41 Å². The molecule has 1 aromatic heterocycles. The van der Waals surface area contributed by atoms with Gasteiger partial charge in [-0.3, -0.25) is 0 Å². The van der Waals surface area contributed by atoms with Gasteiger partial charge in [0.25, 0.3) is 0 Å².